The summed E-state index contributed by atoms with van der Waals surface area (Å²) in [6, 6.07) is 11.9. The van der Waals surface area contributed by atoms with Crippen molar-refractivity contribution in [1.29, 1.82) is 0 Å². The van der Waals surface area contributed by atoms with Gasteiger partial charge in [-0.3, -0.25) is 0 Å². The molecule has 0 saturated heterocycles. The average molecular weight is 249 g/mol. The quantitative estimate of drug-likeness (QED) is 0.628. The van der Waals surface area contributed by atoms with Gasteiger partial charge in [-0.05, 0) is 30.3 Å². The molecule has 4 nitrogen and oxygen atoms in total. The predicted octanol–water partition coefficient (Wildman–Crippen LogP) is 1.81. The van der Waals surface area contributed by atoms with E-state index in [-0.39, 0.29) is 21.2 Å². The summed E-state index contributed by atoms with van der Waals surface area (Å²) in [6.45, 7) is 0. The van der Waals surface area contributed by atoms with Crippen LogP contribution in [0.5, 0.6) is 5.75 Å². The molecule has 0 unspecified atom stereocenters. The van der Waals surface area contributed by atoms with E-state index in [1.54, 1.807) is 18.2 Å². The number of hydrogen-bond donors (Lipinski definition) is 2. The van der Waals surface area contributed by atoms with Crippen LogP contribution in [0, 0.1) is 0 Å². The molecule has 17 heavy (non-hydrogen) atoms. The molecule has 0 saturated carbocycles. The molecule has 2 aromatic carbocycles. The standard InChI is InChI=1S/C12H11NO3S/c13-9-6-7-11(14)12(8-9)17(15,16)10-4-2-1-3-5-10/h1-8,14H,13H2. The number of hydrogen-bond acceptors (Lipinski definition) is 4. The van der Waals surface area contributed by atoms with Crippen molar-refractivity contribution in [2.75, 3.05) is 5.73 Å². The number of phenols is 1. The lowest BCUT2D eigenvalue weighted by molar-refractivity contribution is 0.459. The first-order valence-electron chi connectivity index (χ1n) is 4.90. The van der Waals surface area contributed by atoms with Crippen LogP contribution in [0.15, 0.2) is 58.3 Å². The van der Waals surface area contributed by atoms with Crippen molar-refractivity contribution in [3.05, 3.63) is 48.5 Å². The van der Waals surface area contributed by atoms with Crippen molar-refractivity contribution >= 4 is 15.5 Å². The highest BCUT2D eigenvalue weighted by atomic mass is 32.2. The molecule has 0 aliphatic carbocycles. The maximum absolute atomic E-state index is 12.2. The zero-order valence-electron chi connectivity index (χ0n) is 8.87. The van der Waals surface area contributed by atoms with E-state index >= 15 is 0 Å². The first-order chi connectivity index (χ1) is 8.01. The number of nitrogens with two attached hydrogens (primary N) is 1. The molecular formula is C12H11NO3S. The van der Waals surface area contributed by atoms with Gasteiger partial charge in [-0.15, -0.1) is 0 Å². The number of phenolic OH excluding ortho intramolecular Hbond substituents is 1. The molecule has 0 heterocycles. The lowest BCUT2D eigenvalue weighted by atomic mass is 10.3. The average Bonchev–Trinajstić information content (AvgIpc) is 2.33. The number of anilines is 1. The molecular weight excluding hydrogens is 238 g/mol. The monoisotopic (exact) mass is 249 g/mol. The Kier molecular flexibility index (Phi) is 2.77. The summed E-state index contributed by atoms with van der Waals surface area (Å²) in [6.07, 6.45) is 0. The van der Waals surface area contributed by atoms with Gasteiger partial charge in [0.05, 0.1) is 4.90 Å². The van der Waals surface area contributed by atoms with Gasteiger partial charge in [0.2, 0.25) is 9.84 Å². The van der Waals surface area contributed by atoms with Gasteiger partial charge >= 0.3 is 0 Å². The summed E-state index contributed by atoms with van der Waals surface area (Å²) in [5.74, 6) is -0.303. The molecule has 0 spiro atoms. The summed E-state index contributed by atoms with van der Waals surface area (Å²) in [4.78, 5) is -0.0513. The van der Waals surface area contributed by atoms with Crippen molar-refractivity contribution in [1.82, 2.24) is 0 Å². The summed E-state index contributed by atoms with van der Waals surface area (Å²) in [5.41, 5.74) is 5.82. The van der Waals surface area contributed by atoms with Crippen LogP contribution in [-0.2, 0) is 9.84 Å². The van der Waals surface area contributed by atoms with Gasteiger partial charge in [0.1, 0.15) is 10.6 Å². The van der Waals surface area contributed by atoms with Gasteiger partial charge in [0.15, 0.2) is 0 Å². The van der Waals surface area contributed by atoms with Crippen LogP contribution in [0.25, 0.3) is 0 Å². The zero-order valence-corrected chi connectivity index (χ0v) is 9.68. The van der Waals surface area contributed by atoms with Crippen LogP contribution in [0.4, 0.5) is 5.69 Å². The molecule has 0 amide bonds. The lowest BCUT2D eigenvalue weighted by Gasteiger charge is -2.07. The summed E-state index contributed by atoms with van der Waals surface area (Å²) >= 11 is 0. The van der Waals surface area contributed by atoms with Crippen molar-refractivity contribution in [3.63, 3.8) is 0 Å². The minimum atomic E-state index is -3.72. The molecule has 0 radical (unpaired) electrons. The lowest BCUT2D eigenvalue weighted by Crippen LogP contribution is -2.03. The van der Waals surface area contributed by atoms with E-state index < -0.39 is 9.84 Å². The Bertz CT molecular complexity index is 636. The SMILES string of the molecule is Nc1ccc(O)c(S(=O)(=O)c2ccccc2)c1. The Labute approximate surface area is 99.2 Å². The molecule has 88 valence electrons. The number of benzene rings is 2. The van der Waals surface area contributed by atoms with Crippen LogP contribution in [-0.4, -0.2) is 13.5 Å². The van der Waals surface area contributed by atoms with Gasteiger partial charge in [0.25, 0.3) is 0 Å². The highest BCUT2D eigenvalue weighted by Crippen LogP contribution is 2.29. The fourth-order valence-electron chi connectivity index (χ4n) is 1.47. The van der Waals surface area contributed by atoms with Gasteiger partial charge in [-0.2, -0.15) is 0 Å². The predicted molar refractivity (Wildman–Crippen MR) is 64.4 cm³/mol. The Morgan fingerprint density at radius 2 is 1.65 bits per heavy atom. The highest BCUT2D eigenvalue weighted by molar-refractivity contribution is 7.91. The normalized spacial score (nSPS) is 11.3. The summed E-state index contributed by atoms with van der Waals surface area (Å²) in [7, 11) is -3.72. The van der Waals surface area contributed by atoms with E-state index in [4.69, 9.17) is 5.73 Å². The third-order valence-electron chi connectivity index (χ3n) is 2.33. The molecule has 5 heteroatoms. The molecule has 2 rings (SSSR count). The summed E-state index contributed by atoms with van der Waals surface area (Å²) in [5, 5.41) is 9.60. The smallest absolute Gasteiger partial charge is 0.210 e. The third kappa shape index (κ3) is 2.09. The highest BCUT2D eigenvalue weighted by Gasteiger charge is 2.21. The van der Waals surface area contributed by atoms with Crippen LogP contribution < -0.4 is 5.73 Å². The second-order valence-corrected chi connectivity index (χ2v) is 5.46. The van der Waals surface area contributed by atoms with E-state index in [1.165, 1.54) is 30.3 Å². The second kappa shape index (κ2) is 4.10. The number of rotatable bonds is 2. The third-order valence-corrected chi connectivity index (χ3v) is 4.13. The van der Waals surface area contributed by atoms with E-state index in [9.17, 15) is 13.5 Å². The first-order valence-corrected chi connectivity index (χ1v) is 6.39. The van der Waals surface area contributed by atoms with Gasteiger partial charge < -0.3 is 10.8 Å². The molecule has 0 aliphatic heterocycles. The molecule has 0 fully saturated rings. The van der Waals surface area contributed by atoms with Gasteiger partial charge in [-0.25, -0.2) is 8.42 Å². The molecule has 0 atom stereocenters. The minimum Gasteiger partial charge on any atom is -0.507 e. The Morgan fingerprint density at radius 3 is 2.29 bits per heavy atom. The molecule has 0 aromatic heterocycles. The van der Waals surface area contributed by atoms with Crippen LogP contribution >= 0.6 is 0 Å². The fraction of sp³-hybridized carbons (Fsp3) is 0. The minimum absolute atomic E-state index is 0.126. The van der Waals surface area contributed by atoms with E-state index in [0.29, 0.717) is 0 Å². The Morgan fingerprint density at radius 1 is 1.00 bits per heavy atom. The van der Waals surface area contributed by atoms with Crippen molar-refractivity contribution in [2.24, 2.45) is 0 Å². The maximum Gasteiger partial charge on any atom is 0.210 e. The van der Waals surface area contributed by atoms with E-state index in [0.717, 1.165) is 0 Å². The molecule has 0 bridgehead atoms. The van der Waals surface area contributed by atoms with Gasteiger partial charge in [-0.1, -0.05) is 18.2 Å². The van der Waals surface area contributed by atoms with E-state index in [1.807, 2.05) is 0 Å². The zero-order chi connectivity index (χ0) is 12.5. The van der Waals surface area contributed by atoms with Crippen molar-refractivity contribution in [3.8, 4) is 5.75 Å². The van der Waals surface area contributed by atoms with Gasteiger partial charge in [0, 0.05) is 5.69 Å². The summed E-state index contributed by atoms with van der Waals surface area (Å²) < 4.78 is 24.4. The largest absolute Gasteiger partial charge is 0.507 e. The van der Waals surface area contributed by atoms with Crippen molar-refractivity contribution < 1.29 is 13.5 Å². The number of nitrogen functional groups attached to an aromatic ring is 1. The fourth-order valence-corrected chi connectivity index (χ4v) is 2.88. The molecule has 3 N–H and O–H groups in total. The van der Waals surface area contributed by atoms with Crippen molar-refractivity contribution in [2.45, 2.75) is 9.79 Å². The molecule has 0 aliphatic rings. The number of aromatic hydroxyl groups is 1. The number of sulfone groups is 1. The molecule has 2 aromatic rings. The maximum atomic E-state index is 12.2. The topological polar surface area (TPSA) is 80.4 Å². The van der Waals surface area contributed by atoms with Crippen LogP contribution in [0.3, 0.4) is 0 Å². The first kappa shape index (κ1) is 11.5. The second-order valence-electron chi connectivity index (χ2n) is 3.54. The van der Waals surface area contributed by atoms with E-state index in [2.05, 4.69) is 0 Å². The Hall–Kier alpha value is -2.01. The Balaban J connectivity index is 2.64. The van der Waals surface area contributed by atoms with Crippen LogP contribution in [0.2, 0.25) is 0 Å². The van der Waals surface area contributed by atoms with Crippen LogP contribution in [0.1, 0.15) is 0 Å².